The van der Waals surface area contributed by atoms with Gasteiger partial charge in [-0.2, -0.15) is 0 Å². The fraction of sp³-hybridized carbons (Fsp3) is 0.600. The number of ether oxygens (including phenoxy) is 1. The summed E-state index contributed by atoms with van der Waals surface area (Å²) in [5, 5.41) is 0.131. The van der Waals surface area contributed by atoms with E-state index in [1.54, 1.807) is 0 Å². The summed E-state index contributed by atoms with van der Waals surface area (Å²) in [4.78, 5) is 9.30. The predicted octanol–water partition coefficient (Wildman–Crippen LogP) is 1.99. The van der Waals surface area contributed by atoms with Crippen molar-refractivity contribution in [3.63, 3.8) is 0 Å². The van der Waals surface area contributed by atoms with E-state index in [-0.39, 0.29) is 24.0 Å². The quantitative estimate of drug-likeness (QED) is 0.836. The van der Waals surface area contributed by atoms with Gasteiger partial charge >= 0.3 is 0 Å². The maximum Gasteiger partial charge on any atom is 0.267 e. The molecule has 2 rings (SSSR count). The van der Waals surface area contributed by atoms with E-state index in [1.165, 1.54) is 24.4 Å². The summed E-state index contributed by atoms with van der Waals surface area (Å²) in [6.45, 7) is -0.193. The molecule has 1 aliphatic heterocycles. The second kappa shape index (κ2) is 4.70. The van der Waals surface area contributed by atoms with E-state index in [0.29, 0.717) is 0 Å². The van der Waals surface area contributed by atoms with Crippen molar-refractivity contribution in [3.05, 3.63) is 17.5 Å². The first-order valence-electron chi connectivity index (χ1n) is 5.13. The lowest BCUT2D eigenvalue weighted by Gasteiger charge is -2.24. The summed E-state index contributed by atoms with van der Waals surface area (Å²) in [5.41, 5.74) is 0. The minimum Gasteiger partial charge on any atom is -0.383 e. The highest BCUT2D eigenvalue weighted by Crippen LogP contribution is 2.36. The number of aromatic nitrogens is 2. The molecule has 0 saturated carbocycles. The van der Waals surface area contributed by atoms with Crippen LogP contribution >= 0.6 is 11.6 Å². The lowest BCUT2D eigenvalue weighted by Crippen LogP contribution is -2.34. The van der Waals surface area contributed by atoms with Crippen LogP contribution in [0.2, 0.25) is 5.15 Å². The number of alkyl halides is 2. The van der Waals surface area contributed by atoms with Crippen LogP contribution in [0.3, 0.4) is 0 Å². The molecule has 4 nitrogen and oxygen atoms in total. The second-order valence-corrected chi connectivity index (χ2v) is 4.33. The van der Waals surface area contributed by atoms with E-state index >= 15 is 0 Å². The minimum atomic E-state index is -2.75. The molecular weight excluding hydrogens is 252 g/mol. The molecule has 7 heteroatoms. The highest BCUT2D eigenvalue weighted by atomic mass is 35.5. The van der Waals surface area contributed by atoms with Crippen molar-refractivity contribution in [2.75, 3.05) is 25.2 Å². The molecule has 94 valence electrons. The number of methoxy groups -OCH3 is 1. The summed E-state index contributed by atoms with van der Waals surface area (Å²) in [6.07, 6.45) is 2.60. The molecule has 17 heavy (non-hydrogen) atoms. The molecule has 0 aliphatic carbocycles. The van der Waals surface area contributed by atoms with Gasteiger partial charge in [0.25, 0.3) is 5.92 Å². The Morgan fingerprint density at radius 3 is 2.88 bits per heavy atom. The molecule has 0 N–H and O–H groups in total. The number of anilines is 1. The van der Waals surface area contributed by atoms with Crippen LogP contribution in [-0.4, -0.2) is 42.2 Å². The minimum absolute atomic E-state index is 0.131. The third-order valence-electron chi connectivity index (χ3n) is 2.64. The fourth-order valence-corrected chi connectivity index (χ4v) is 2.21. The Hall–Kier alpha value is -1.01. The zero-order valence-electron chi connectivity index (χ0n) is 9.24. The summed E-state index contributed by atoms with van der Waals surface area (Å²) in [6, 6.07) is -0.427. The first-order valence-corrected chi connectivity index (χ1v) is 5.51. The molecule has 1 aliphatic rings. The summed E-state index contributed by atoms with van der Waals surface area (Å²) in [5.74, 6) is -2.46. The SMILES string of the molecule is COC[C@@H]1CC(F)(F)CN1c1nccnc1Cl. The van der Waals surface area contributed by atoms with Crippen LogP contribution in [-0.2, 0) is 4.74 Å². The Bertz CT molecular complexity index is 405. The molecule has 0 amide bonds. The molecule has 1 atom stereocenters. The predicted molar refractivity (Wildman–Crippen MR) is 59.6 cm³/mol. The van der Waals surface area contributed by atoms with Gasteiger partial charge in [-0.05, 0) is 0 Å². The molecular formula is C10H12ClF2N3O. The third kappa shape index (κ3) is 2.63. The molecule has 0 unspecified atom stereocenters. The van der Waals surface area contributed by atoms with Crippen LogP contribution in [0.15, 0.2) is 12.4 Å². The van der Waals surface area contributed by atoms with Crippen molar-refractivity contribution in [2.24, 2.45) is 0 Å². The Morgan fingerprint density at radius 2 is 2.24 bits per heavy atom. The van der Waals surface area contributed by atoms with Gasteiger partial charge in [0.15, 0.2) is 11.0 Å². The molecule has 1 saturated heterocycles. The number of nitrogens with zero attached hydrogens (tertiary/aromatic N) is 3. The van der Waals surface area contributed by atoms with Crippen molar-refractivity contribution < 1.29 is 13.5 Å². The summed E-state index contributed by atoms with van der Waals surface area (Å²) < 4.78 is 31.7. The zero-order valence-corrected chi connectivity index (χ0v) is 9.99. The van der Waals surface area contributed by atoms with Gasteiger partial charge < -0.3 is 9.64 Å². The van der Waals surface area contributed by atoms with Crippen molar-refractivity contribution in [1.82, 2.24) is 9.97 Å². The average molecular weight is 264 g/mol. The van der Waals surface area contributed by atoms with Gasteiger partial charge in [0.1, 0.15) is 0 Å². The molecule has 2 heterocycles. The highest BCUT2D eigenvalue weighted by molar-refractivity contribution is 6.31. The van der Waals surface area contributed by atoms with E-state index in [2.05, 4.69) is 9.97 Å². The van der Waals surface area contributed by atoms with E-state index in [1.807, 2.05) is 0 Å². The third-order valence-corrected chi connectivity index (χ3v) is 2.91. The van der Waals surface area contributed by atoms with Crippen LogP contribution in [0.1, 0.15) is 6.42 Å². The Morgan fingerprint density at radius 1 is 1.53 bits per heavy atom. The molecule has 0 aromatic carbocycles. The molecule has 1 fully saturated rings. The van der Waals surface area contributed by atoms with Crippen molar-refractivity contribution in [1.29, 1.82) is 0 Å². The van der Waals surface area contributed by atoms with E-state index in [9.17, 15) is 8.78 Å². The van der Waals surface area contributed by atoms with Crippen LogP contribution in [0, 0.1) is 0 Å². The molecule has 1 aromatic heterocycles. The van der Waals surface area contributed by atoms with E-state index in [4.69, 9.17) is 16.3 Å². The molecule has 0 spiro atoms. The maximum absolute atomic E-state index is 13.4. The van der Waals surface area contributed by atoms with Crippen LogP contribution in [0.4, 0.5) is 14.6 Å². The van der Waals surface area contributed by atoms with E-state index < -0.39 is 18.5 Å². The van der Waals surface area contributed by atoms with Crippen LogP contribution in [0.25, 0.3) is 0 Å². The van der Waals surface area contributed by atoms with Gasteiger partial charge in [-0.25, -0.2) is 18.7 Å². The van der Waals surface area contributed by atoms with Crippen molar-refractivity contribution in [2.45, 2.75) is 18.4 Å². The van der Waals surface area contributed by atoms with E-state index in [0.717, 1.165) is 0 Å². The Kier molecular flexibility index (Phi) is 3.44. The zero-order chi connectivity index (χ0) is 12.5. The smallest absolute Gasteiger partial charge is 0.267 e. The normalized spacial score (nSPS) is 23.1. The topological polar surface area (TPSA) is 38.2 Å². The lowest BCUT2D eigenvalue weighted by atomic mass is 10.2. The van der Waals surface area contributed by atoms with Crippen molar-refractivity contribution >= 4 is 17.4 Å². The Labute approximate surface area is 103 Å². The van der Waals surface area contributed by atoms with Crippen LogP contribution < -0.4 is 4.90 Å². The summed E-state index contributed by atoms with van der Waals surface area (Å²) in [7, 11) is 1.48. The first-order chi connectivity index (χ1) is 8.03. The molecule has 0 bridgehead atoms. The second-order valence-electron chi connectivity index (χ2n) is 3.97. The maximum atomic E-state index is 13.4. The molecule has 1 aromatic rings. The van der Waals surface area contributed by atoms with Gasteiger partial charge in [-0.1, -0.05) is 11.6 Å². The largest absolute Gasteiger partial charge is 0.383 e. The highest BCUT2D eigenvalue weighted by Gasteiger charge is 2.46. The van der Waals surface area contributed by atoms with Gasteiger partial charge in [0, 0.05) is 25.9 Å². The Balaban J connectivity index is 2.27. The van der Waals surface area contributed by atoms with Crippen molar-refractivity contribution in [3.8, 4) is 0 Å². The standard InChI is InChI=1S/C10H12ClF2N3O/c1-17-5-7-4-10(12,13)6-16(7)9-8(11)14-2-3-15-9/h2-3,7H,4-6H2,1H3/t7-/m0/s1. The van der Waals surface area contributed by atoms with Gasteiger partial charge in [0.2, 0.25) is 0 Å². The molecule has 0 radical (unpaired) electrons. The monoisotopic (exact) mass is 263 g/mol. The van der Waals surface area contributed by atoms with Gasteiger partial charge in [-0.15, -0.1) is 0 Å². The number of hydrogen-bond donors (Lipinski definition) is 0. The first kappa shape index (κ1) is 12.4. The summed E-state index contributed by atoms with van der Waals surface area (Å²) >= 11 is 5.86. The van der Waals surface area contributed by atoms with Gasteiger partial charge in [0.05, 0.1) is 19.2 Å². The number of hydrogen-bond acceptors (Lipinski definition) is 4. The lowest BCUT2D eigenvalue weighted by molar-refractivity contribution is 0.0189. The fourth-order valence-electron chi connectivity index (χ4n) is 1.99. The van der Waals surface area contributed by atoms with Crippen LogP contribution in [0.5, 0.6) is 0 Å². The number of halogens is 3. The number of rotatable bonds is 3. The van der Waals surface area contributed by atoms with Gasteiger partial charge in [-0.3, -0.25) is 0 Å². The average Bonchev–Trinajstić information content (AvgIpc) is 2.55.